The van der Waals surface area contributed by atoms with E-state index in [9.17, 15) is 0 Å². The van der Waals surface area contributed by atoms with E-state index in [1.165, 1.54) is 6.42 Å². The fraction of sp³-hybridized carbons (Fsp3) is 1.00. The molecule has 0 aromatic heterocycles. The second-order valence-corrected chi connectivity index (χ2v) is 5.34. The number of hydrogen-bond donors (Lipinski definition) is 0. The maximum atomic E-state index is 5.21. The van der Waals surface area contributed by atoms with Gasteiger partial charge in [0.2, 0.25) is 0 Å². The minimum absolute atomic E-state index is 0.415. The minimum Gasteiger partial charge on any atom is -0.380 e. The molecule has 1 saturated heterocycles. The van der Waals surface area contributed by atoms with Gasteiger partial charge in [-0.05, 0) is 11.8 Å². The maximum absolute atomic E-state index is 5.21. The van der Waals surface area contributed by atoms with E-state index in [1.54, 1.807) is 0 Å². The Morgan fingerprint density at radius 1 is 1.45 bits per heavy atom. The van der Waals surface area contributed by atoms with Crippen LogP contribution in [-0.4, -0.2) is 18.5 Å². The maximum Gasteiger partial charge on any atom is 0.0542 e. The average molecular weight is 221 g/mol. The molecule has 66 valence electrons. The summed E-state index contributed by atoms with van der Waals surface area (Å²) in [6.07, 6.45) is 1.26. The zero-order valence-electron chi connectivity index (χ0n) is 7.61. The van der Waals surface area contributed by atoms with Gasteiger partial charge < -0.3 is 4.74 Å². The molecule has 1 rings (SSSR count). The van der Waals surface area contributed by atoms with Crippen LogP contribution < -0.4 is 0 Å². The number of halogens is 1. The SMILES string of the molecule is CC(C)(CBr)CC1(C)COC1. The van der Waals surface area contributed by atoms with E-state index in [0.717, 1.165) is 18.5 Å². The molecule has 0 bridgehead atoms. The van der Waals surface area contributed by atoms with Crippen molar-refractivity contribution in [2.45, 2.75) is 27.2 Å². The van der Waals surface area contributed by atoms with E-state index in [1.807, 2.05) is 0 Å². The van der Waals surface area contributed by atoms with Crippen molar-refractivity contribution in [3.05, 3.63) is 0 Å². The van der Waals surface area contributed by atoms with Crippen LogP contribution in [0.5, 0.6) is 0 Å². The second kappa shape index (κ2) is 3.06. The molecule has 0 atom stereocenters. The first-order chi connectivity index (χ1) is 4.97. The number of alkyl halides is 1. The van der Waals surface area contributed by atoms with Crippen LogP contribution in [0.1, 0.15) is 27.2 Å². The van der Waals surface area contributed by atoms with E-state index in [0.29, 0.717) is 10.8 Å². The highest BCUT2D eigenvalue weighted by Gasteiger charge is 2.38. The van der Waals surface area contributed by atoms with E-state index in [4.69, 9.17) is 4.74 Å². The molecule has 2 heteroatoms. The molecule has 1 nitrogen and oxygen atoms in total. The van der Waals surface area contributed by atoms with Crippen LogP contribution in [0.15, 0.2) is 0 Å². The molecule has 0 aliphatic carbocycles. The van der Waals surface area contributed by atoms with Crippen molar-refractivity contribution in [2.75, 3.05) is 18.5 Å². The molecule has 1 aliphatic heterocycles. The Kier molecular flexibility index (Phi) is 2.65. The van der Waals surface area contributed by atoms with Crippen molar-refractivity contribution in [1.29, 1.82) is 0 Å². The van der Waals surface area contributed by atoms with Crippen LogP contribution in [0, 0.1) is 10.8 Å². The lowest BCUT2D eigenvalue weighted by atomic mass is 9.74. The molecule has 0 radical (unpaired) electrons. The van der Waals surface area contributed by atoms with Gasteiger partial charge in [-0.25, -0.2) is 0 Å². The van der Waals surface area contributed by atoms with Crippen LogP contribution >= 0.6 is 15.9 Å². The summed E-state index contributed by atoms with van der Waals surface area (Å²) in [5.74, 6) is 0. The van der Waals surface area contributed by atoms with Crippen LogP contribution in [-0.2, 0) is 4.74 Å². The largest absolute Gasteiger partial charge is 0.380 e. The number of hydrogen-bond acceptors (Lipinski definition) is 1. The van der Waals surface area contributed by atoms with E-state index >= 15 is 0 Å². The van der Waals surface area contributed by atoms with Crippen LogP contribution in [0.2, 0.25) is 0 Å². The highest BCUT2D eigenvalue weighted by molar-refractivity contribution is 9.09. The van der Waals surface area contributed by atoms with Gasteiger partial charge in [0.05, 0.1) is 13.2 Å². The number of ether oxygens (including phenoxy) is 1. The summed E-state index contributed by atoms with van der Waals surface area (Å²) in [7, 11) is 0. The van der Waals surface area contributed by atoms with Gasteiger partial charge >= 0.3 is 0 Å². The molecule has 0 aromatic carbocycles. The fourth-order valence-electron chi connectivity index (χ4n) is 1.76. The van der Waals surface area contributed by atoms with E-state index < -0.39 is 0 Å². The van der Waals surface area contributed by atoms with Gasteiger partial charge in [0.1, 0.15) is 0 Å². The van der Waals surface area contributed by atoms with Crippen molar-refractivity contribution in [3.63, 3.8) is 0 Å². The molecular formula is C9H17BrO. The average Bonchev–Trinajstić information content (AvgIpc) is 1.84. The molecule has 0 unspecified atom stereocenters. The standard InChI is InChI=1S/C9H17BrO/c1-8(2,5-10)4-9(3)6-11-7-9/h4-7H2,1-3H3. The van der Waals surface area contributed by atoms with E-state index in [-0.39, 0.29) is 0 Å². The quantitative estimate of drug-likeness (QED) is 0.666. The highest BCUT2D eigenvalue weighted by Crippen LogP contribution is 2.39. The van der Waals surface area contributed by atoms with Crippen molar-refractivity contribution in [1.82, 2.24) is 0 Å². The smallest absolute Gasteiger partial charge is 0.0542 e. The first-order valence-electron chi connectivity index (χ1n) is 4.11. The Hall–Kier alpha value is 0.440. The predicted octanol–water partition coefficient (Wildman–Crippen LogP) is 2.83. The Balaban J connectivity index is 2.40. The molecule has 1 heterocycles. The Bertz CT molecular complexity index is 129. The van der Waals surface area contributed by atoms with Crippen molar-refractivity contribution in [2.24, 2.45) is 10.8 Å². The lowest BCUT2D eigenvalue weighted by molar-refractivity contribution is -0.118. The van der Waals surface area contributed by atoms with Gasteiger partial charge in [-0.1, -0.05) is 36.7 Å². The summed E-state index contributed by atoms with van der Waals surface area (Å²) < 4.78 is 5.21. The third-order valence-corrected chi connectivity index (χ3v) is 3.69. The lowest BCUT2D eigenvalue weighted by Crippen LogP contribution is -2.43. The molecule has 0 aromatic rings. The topological polar surface area (TPSA) is 9.23 Å². The minimum atomic E-state index is 0.415. The van der Waals surface area contributed by atoms with E-state index in [2.05, 4.69) is 36.7 Å². The second-order valence-electron chi connectivity index (χ2n) is 4.78. The predicted molar refractivity (Wildman–Crippen MR) is 51.1 cm³/mol. The van der Waals surface area contributed by atoms with Crippen molar-refractivity contribution in [3.8, 4) is 0 Å². The molecule has 0 saturated carbocycles. The number of rotatable bonds is 3. The third-order valence-electron chi connectivity index (χ3n) is 2.17. The summed E-state index contributed by atoms with van der Waals surface area (Å²) >= 11 is 3.54. The van der Waals surface area contributed by atoms with Crippen LogP contribution in [0.25, 0.3) is 0 Å². The summed E-state index contributed by atoms with van der Waals surface area (Å²) in [5, 5.41) is 1.08. The Morgan fingerprint density at radius 3 is 2.27 bits per heavy atom. The molecule has 11 heavy (non-hydrogen) atoms. The highest BCUT2D eigenvalue weighted by atomic mass is 79.9. The van der Waals surface area contributed by atoms with Gasteiger partial charge in [-0.3, -0.25) is 0 Å². The summed E-state index contributed by atoms with van der Waals surface area (Å²) in [6, 6.07) is 0. The fourth-order valence-corrected chi connectivity index (χ4v) is 1.95. The van der Waals surface area contributed by atoms with Gasteiger partial charge in [-0.2, -0.15) is 0 Å². The first-order valence-corrected chi connectivity index (χ1v) is 5.23. The third kappa shape index (κ3) is 2.45. The molecule has 1 fully saturated rings. The van der Waals surface area contributed by atoms with Crippen LogP contribution in [0.3, 0.4) is 0 Å². The molecule has 0 amide bonds. The first kappa shape index (κ1) is 9.53. The molecule has 1 aliphatic rings. The molecular weight excluding hydrogens is 204 g/mol. The van der Waals surface area contributed by atoms with Crippen LogP contribution in [0.4, 0.5) is 0 Å². The Labute approximate surface area is 77.6 Å². The zero-order chi connectivity index (χ0) is 8.54. The van der Waals surface area contributed by atoms with Crippen molar-refractivity contribution < 1.29 is 4.74 Å². The van der Waals surface area contributed by atoms with Gasteiger partial charge in [-0.15, -0.1) is 0 Å². The normalized spacial score (nSPS) is 22.9. The monoisotopic (exact) mass is 220 g/mol. The van der Waals surface area contributed by atoms with Crippen molar-refractivity contribution >= 4 is 15.9 Å². The zero-order valence-corrected chi connectivity index (χ0v) is 9.20. The Morgan fingerprint density at radius 2 is 2.00 bits per heavy atom. The van der Waals surface area contributed by atoms with Gasteiger partial charge in [0.15, 0.2) is 0 Å². The molecule has 0 spiro atoms. The van der Waals surface area contributed by atoms with Gasteiger partial charge in [0, 0.05) is 10.7 Å². The van der Waals surface area contributed by atoms with Gasteiger partial charge in [0.25, 0.3) is 0 Å². The lowest BCUT2D eigenvalue weighted by Gasteiger charge is -2.43. The molecule has 0 N–H and O–H groups in total. The summed E-state index contributed by atoms with van der Waals surface area (Å²) in [5.41, 5.74) is 0.871. The summed E-state index contributed by atoms with van der Waals surface area (Å²) in [4.78, 5) is 0. The summed E-state index contributed by atoms with van der Waals surface area (Å²) in [6.45, 7) is 8.80.